The number of hydrogen-bond acceptors (Lipinski definition) is 4. The molecule has 0 fully saturated rings. The van der Waals surface area contributed by atoms with Crippen molar-refractivity contribution in [3.63, 3.8) is 0 Å². The zero-order chi connectivity index (χ0) is 14.0. The zero-order valence-electron chi connectivity index (χ0n) is 9.36. The molecular formula is C11H11F3O4. The van der Waals surface area contributed by atoms with Gasteiger partial charge in [0.05, 0.1) is 6.61 Å². The molecule has 0 saturated heterocycles. The van der Waals surface area contributed by atoms with E-state index in [0.29, 0.717) is 0 Å². The summed E-state index contributed by atoms with van der Waals surface area (Å²) in [6.45, 7) is 1.03. The first-order valence-corrected chi connectivity index (χ1v) is 4.99. The standard InChI is InChI=1S/C11H11F3O4/c1-2-18-9(16)10(17,11(12,13)14)7-3-5-8(15)6-4-7/h3-6,15,17H,2H2,1H3. The summed E-state index contributed by atoms with van der Waals surface area (Å²) in [5, 5.41) is 18.6. The number of aromatic hydroxyl groups is 1. The fourth-order valence-electron chi connectivity index (χ4n) is 1.34. The Bertz CT molecular complexity index is 427. The van der Waals surface area contributed by atoms with E-state index < -0.39 is 23.3 Å². The molecule has 0 radical (unpaired) electrons. The smallest absolute Gasteiger partial charge is 0.432 e. The summed E-state index contributed by atoms with van der Waals surface area (Å²) in [6, 6.07) is 3.48. The summed E-state index contributed by atoms with van der Waals surface area (Å²) in [5.74, 6) is -2.09. The number of phenols is 1. The predicted octanol–water partition coefficient (Wildman–Crippen LogP) is 1.71. The van der Waals surface area contributed by atoms with Crippen LogP contribution in [0.15, 0.2) is 24.3 Å². The highest BCUT2D eigenvalue weighted by Gasteiger charge is 2.62. The lowest BCUT2D eigenvalue weighted by Crippen LogP contribution is -2.50. The second kappa shape index (κ2) is 4.85. The topological polar surface area (TPSA) is 66.8 Å². The molecule has 0 bridgehead atoms. The van der Waals surface area contributed by atoms with Gasteiger partial charge in [-0.25, -0.2) is 4.79 Å². The van der Waals surface area contributed by atoms with Crippen molar-refractivity contribution < 1.29 is 32.9 Å². The lowest BCUT2D eigenvalue weighted by Gasteiger charge is -2.28. The number of benzene rings is 1. The summed E-state index contributed by atoms with van der Waals surface area (Å²) in [5.41, 5.74) is -4.46. The highest BCUT2D eigenvalue weighted by atomic mass is 19.4. The molecule has 0 amide bonds. The Morgan fingerprint density at radius 1 is 1.28 bits per heavy atom. The van der Waals surface area contributed by atoms with Crippen LogP contribution >= 0.6 is 0 Å². The van der Waals surface area contributed by atoms with Gasteiger partial charge in [-0.1, -0.05) is 12.1 Å². The molecule has 18 heavy (non-hydrogen) atoms. The number of phenolic OH excluding ortho intramolecular Hbond substituents is 1. The summed E-state index contributed by atoms with van der Waals surface area (Å²) < 4.78 is 42.8. The van der Waals surface area contributed by atoms with Crippen LogP contribution in [0.5, 0.6) is 5.75 Å². The summed E-state index contributed by atoms with van der Waals surface area (Å²) in [4.78, 5) is 11.3. The molecule has 0 spiro atoms. The van der Waals surface area contributed by atoms with E-state index in [9.17, 15) is 23.1 Å². The number of esters is 1. The monoisotopic (exact) mass is 264 g/mol. The molecule has 7 heteroatoms. The van der Waals surface area contributed by atoms with Crippen molar-refractivity contribution in [1.82, 2.24) is 0 Å². The van der Waals surface area contributed by atoms with Gasteiger partial charge in [-0.3, -0.25) is 0 Å². The van der Waals surface area contributed by atoms with E-state index >= 15 is 0 Å². The van der Waals surface area contributed by atoms with Crippen LogP contribution in [0.25, 0.3) is 0 Å². The number of alkyl halides is 3. The normalized spacial score (nSPS) is 14.9. The maximum Gasteiger partial charge on any atom is 0.432 e. The predicted molar refractivity (Wildman–Crippen MR) is 54.7 cm³/mol. The highest BCUT2D eigenvalue weighted by molar-refractivity contribution is 5.82. The van der Waals surface area contributed by atoms with Crippen molar-refractivity contribution in [2.45, 2.75) is 18.7 Å². The SMILES string of the molecule is CCOC(=O)C(O)(c1ccc(O)cc1)C(F)(F)F. The number of ether oxygens (including phenoxy) is 1. The third-order valence-corrected chi connectivity index (χ3v) is 2.27. The Hall–Kier alpha value is -1.76. The van der Waals surface area contributed by atoms with Crippen LogP contribution in [0.3, 0.4) is 0 Å². The van der Waals surface area contributed by atoms with E-state index in [1.807, 2.05) is 0 Å². The van der Waals surface area contributed by atoms with Crippen molar-refractivity contribution in [1.29, 1.82) is 0 Å². The Kier molecular flexibility index (Phi) is 3.85. The maximum atomic E-state index is 12.9. The minimum absolute atomic E-state index is 0.285. The van der Waals surface area contributed by atoms with Gasteiger partial charge in [-0.05, 0) is 19.1 Å². The fraction of sp³-hybridized carbons (Fsp3) is 0.364. The number of carbonyl (C=O) groups excluding carboxylic acids is 1. The molecule has 0 saturated carbocycles. The minimum atomic E-state index is -5.23. The van der Waals surface area contributed by atoms with Gasteiger partial charge in [0.25, 0.3) is 5.60 Å². The van der Waals surface area contributed by atoms with Gasteiger partial charge in [0.2, 0.25) is 0 Å². The molecule has 0 aliphatic carbocycles. The third-order valence-electron chi connectivity index (χ3n) is 2.27. The molecule has 1 aromatic rings. The first kappa shape index (κ1) is 14.3. The molecular weight excluding hydrogens is 253 g/mol. The van der Waals surface area contributed by atoms with Crippen molar-refractivity contribution in [2.75, 3.05) is 6.61 Å². The first-order valence-electron chi connectivity index (χ1n) is 4.99. The van der Waals surface area contributed by atoms with Gasteiger partial charge in [0.15, 0.2) is 0 Å². The highest BCUT2D eigenvalue weighted by Crippen LogP contribution is 2.40. The van der Waals surface area contributed by atoms with Crippen LogP contribution in [0.2, 0.25) is 0 Å². The van der Waals surface area contributed by atoms with E-state index in [-0.39, 0.29) is 12.4 Å². The largest absolute Gasteiger partial charge is 0.508 e. The molecule has 1 aromatic carbocycles. The Morgan fingerprint density at radius 3 is 2.17 bits per heavy atom. The molecule has 0 aromatic heterocycles. The molecule has 1 unspecified atom stereocenters. The zero-order valence-corrected chi connectivity index (χ0v) is 9.36. The second-order valence-corrected chi connectivity index (χ2v) is 3.48. The van der Waals surface area contributed by atoms with Crippen LogP contribution in [-0.4, -0.2) is 29.0 Å². The summed E-state index contributed by atoms with van der Waals surface area (Å²) in [6.07, 6.45) is -5.23. The number of halogens is 3. The average molecular weight is 264 g/mol. The molecule has 2 N–H and O–H groups in total. The molecule has 100 valence electrons. The molecule has 0 aliphatic rings. The quantitative estimate of drug-likeness (QED) is 0.815. The number of rotatable bonds is 3. The molecule has 1 rings (SSSR count). The van der Waals surface area contributed by atoms with E-state index in [4.69, 9.17) is 5.11 Å². The summed E-state index contributed by atoms with van der Waals surface area (Å²) in [7, 11) is 0. The Morgan fingerprint density at radius 2 is 1.78 bits per heavy atom. The molecule has 0 aliphatic heterocycles. The molecule has 0 heterocycles. The van der Waals surface area contributed by atoms with E-state index in [1.165, 1.54) is 6.92 Å². The van der Waals surface area contributed by atoms with Gasteiger partial charge in [-0.2, -0.15) is 13.2 Å². The van der Waals surface area contributed by atoms with Crippen LogP contribution in [-0.2, 0) is 15.1 Å². The Balaban J connectivity index is 3.29. The van der Waals surface area contributed by atoms with Crippen molar-refractivity contribution in [3.8, 4) is 5.75 Å². The third kappa shape index (κ3) is 2.40. The average Bonchev–Trinajstić information content (AvgIpc) is 2.27. The van der Waals surface area contributed by atoms with Crippen molar-refractivity contribution in [2.24, 2.45) is 0 Å². The Labute approximate surface area is 101 Å². The van der Waals surface area contributed by atoms with Crippen molar-refractivity contribution >= 4 is 5.97 Å². The van der Waals surface area contributed by atoms with Crippen LogP contribution in [0, 0.1) is 0 Å². The number of hydrogen-bond donors (Lipinski definition) is 2. The molecule has 4 nitrogen and oxygen atoms in total. The van der Waals surface area contributed by atoms with Gasteiger partial charge in [-0.15, -0.1) is 0 Å². The minimum Gasteiger partial charge on any atom is -0.508 e. The van der Waals surface area contributed by atoms with Gasteiger partial charge in [0.1, 0.15) is 5.75 Å². The second-order valence-electron chi connectivity index (χ2n) is 3.48. The van der Waals surface area contributed by atoms with Gasteiger partial charge >= 0.3 is 12.1 Å². The lowest BCUT2D eigenvalue weighted by atomic mass is 9.93. The van der Waals surface area contributed by atoms with Crippen LogP contribution in [0.4, 0.5) is 13.2 Å². The van der Waals surface area contributed by atoms with E-state index in [1.54, 1.807) is 0 Å². The van der Waals surface area contributed by atoms with Gasteiger partial charge < -0.3 is 14.9 Å². The van der Waals surface area contributed by atoms with Crippen LogP contribution in [0.1, 0.15) is 12.5 Å². The van der Waals surface area contributed by atoms with Crippen molar-refractivity contribution in [3.05, 3.63) is 29.8 Å². The first-order chi connectivity index (χ1) is 8.23. The molecule has 1 atom stereocenters. The fourth-order valence-corrected chi connectivity index (χ4v) is 1.34. The van der Waals surface area contributed by atoms with E-state index in [0.717, 1.165) is 24.3 Å². The van der Waals surface area contributed by atoms with Crippen LogP contribution < -0.4 is 0 Å². The van der Waals surface area contributed by atoms with Gasteiger partial charge in [0, 0.05) is 5.56 Å². The maximum absolute atomic E-state index is 12.9. The summed E-state index contributed by atoms with van der Waals surface area (Å²) >= 11 is 0. The van der Waals surface area contributed by atoms with E-state index in [2.05, 4.69) is 4.74 Å². The lowest BCUT2D eigenvalue weighted by molar-refractivity contribution is -0.267. The number of carbonyl (C=O) groups is 1. The number of aliphatic hydroxyl groups is 1.